The van der Waals surface area contributed by atoms with Crippen LogP contribution >= 0.6 is 0 Å². The molecular formula is C12H20O6. The van der Waals surface area contributed by atoms with Gasteiger partial charge in [-0.2, -0.15) is 0 Å². The van der Waals surface area contributed by atoms with Crippen LogP contribution in [0, 0.1) is 0 Å². The number of ether oxygens (including phenoxy) is 6. The maximum Gasteiger partial charge on any atom is 0.104 e. The van der Waals surface area contributed by atoms with Crippen molar-refractivity contribution in [3.8, 4) is 0 Å². The fourth-order valence-corrected chi connectivity index (χ4v) is 1.54. The largest absolute Gasteiger partial charge is 0.376 e. The Bertz CT molecular complexity index is 231. The lowest BCUT2D eigenvalue weighted by Crippen LogP contribution is -2.28. The summed E-state index contributed by atoms with van der Waals surface area (Å²) < 4.78 is 32.1. The Morgan fingerprint density at radius 3 is 1.67 bits per heavy atom. The molecule has 3 rings (SSSR count). The van der Waals surface area contributed by atoms with E-state index in [9.17, 15) is 0 Å². The molecule has 2 unspecified atom stereocenters. The second kappa shape index (κ2) is 6.27. The summed E-state index contributed by atoms with van der Waals surface area (Å²) in [6.45, 7) is 5.43. The Morgan fingerprint density at radius 2 is 1.22 bits per heavy atom. The molecule has 6 nitrogen and oxygen atoms in total. The summed E-state index contributed by atoms with van der Waals surface area (Å²) in [6.07, 6.45) is 0.814. The molecule has 18 heavy (non-hydrogen) atoms. The molecule has 4 atom stereocenters. The molecule has 104 valence electrons. The highest BCUT2D eigenvalue weighted by Gasteiger charge is 2.27. The number of rotatable bonds is 11. The lowest BCUT2D eigenvalue weighted by molar-refractivity contribution is -0.0661. The van der Waals surface area contributed by atoms with Gasteiger partial charge in [0.15, 0.2) is 0 Å². The molecule has 3 fully saturated rings. The maximum absolute atomic E-state index is 5.71. The van der Waals surface area contributed by atoms with Crippen LogP contribution in [0.1, 0.15) is 0 Å². The van der Waals surface area contributed by atoms with Gasteiger partial charge in [0.25, 0.3) is 0 Å². The molecular weight excluding hydrogens is 240 g/mol. The molecule has 3 heterocycles. The van der Waals surface area contributed by atoms with E-state index >= 15 is 0 Å². The van der Waals surface area contributed by atoms with Gasteiger partial charge >= 0.3 is 0 Å². The predicted octanol–water partition coefficient (Wildman–Crippen LogP) is -0.399. The third-order valence-electron chi connectivity index (χ3n) is 2.94. The van der Waals surface area contributed by atoms with Crippen molar-refractivity contribution >= 4 is 0 Å². The molecule has 0 aromatic carbocycles. The van der Waals surface area contributed by atoms with Crippen LogP contribution in [0.4, 0.5) is 0 Å². The molecule has 0 spiro atoms. The zero-order valence-electron chi connectivity index (χ0n) is 10.4. The average Bonchev–Trinajstić information content (AvgIpc) is 3.23. The summed E-state index contributed by atoms with van der Waals surface area (Å²) in [4.78, 5) is 0. The average molecular weight is 260 g/mol. The molecule has 6 heteroatoms. The van der Waals surface area contributed by atoms with Crippen molar-refractivity contribution in [1.82, 2.24) is 0 Å². The summed E-state index contributed by atoms with van der Waals surface area (Å²) >= 11 is 0. The van der Waals surface area contributed by atoms with Gasteiger partial charge in [0.2, 0.25) is 0 Å². The van der Waals surface area contributed by atoms with Crippen LogP contribution in [-0.4, -0.2) is 77.3 Å². The molecule has 0 aromatic rings. The summed E-state index contributed by atoms with van der Waals surface area (Å²) in [6, 6.07) is 0. The van der Waals surface area contributed by atoms with E-state index in [0.29, 0.717) is 33.0 Å². The molecule has 0 N–H and O–H groups in total. The Morgan fingerprint density at radius 1 is 0.778 bits per heavy atom. The van der Waals surface area contributed by atoms with Gasteiger partial charge in [-0.05, 0) is 0 Å². The lowest BCUT2D eigenvalue weighted by Gasteiger charge is -2.17. The first kappa shape index (κ1) is 12.8. The van der Waals surface area contributed by atoms with Crippen LogP contribution in [0.25, 0.3) is 0 Å². The van der Waals surface area contributed by atoms with Gasteiger partial charge in [-0.3, -0.25) is 0 Å². The number of hydrogen-bond acceptors (Lipinski definition) is 6. The first-order chi connectivity index (χ1) is 8.90. The van der Waals surface area contributed by atoms with E-state index in [1.807, 2.05) is 0 Å². The Kier molecular flexibility index (Phi) is 4.45. The summed E-state index contributed by atoms with van der Waals surface area (Å²) in [5.41, 5.74) is 0. The third kappa shape index (κ3) is 5.17. The van der Waals surface area contributed by atoms with Gasteiger partial charge in [0.1, 0.15) is 24.4 Å². The van der Waals surface area contributed by atoms with Crippen LogP contribution in [-0.2, 0) is 28.4 Å². The second-order valence-corrected chi connectivity index (χ2v) is 4.90. The van der Waals surface area contributed by atoms with Crippen molar-refractivity contribution in [2.75, 3.05) is 52.9 Å². The Labute approximate surface area is 106 Å². The first-order valence-corrected chi connectivity index (χ1v) is 6.52. The highest BCUT2D eigenvalue weighted by Crippen LogP contribution is 2.13. The maximum atomic E-state index is 5.71. The molecule has 3 aliphatic rings. The standard InChI is InChI=1S/C12H20O6/c1(13-3-10-5-16-10)9(15-7-12-8-18-12)2-14-4-11-6-17-11/h9-12H,1-8H2/t9?,10-,11?,12+/m0/s1. The Hall–Kier alpha value is -0.240. The molecule has 0 bridgehead atoms. The predicted molar refractivity (Wildman–Crippen MR) is 60.6 cm³/mol. The van der Waals surface area contributed by atoms with Crippen molar-refractivity contribution in [1.29, 1.82) is 0 Å². The zero-order valence-corrected chi connectivity index (χ0v) is 10.4. The minimum absolute atomic E-state index is 0.0355. The van der Waals surface area contributed by atoms with E-state index in [0.717, 1.165) is 19.8 Å². The van der Waals surface area contributed by atoms with Crippen LogP contribution in [0.2, 0.25) is 0 Å². The smallest absolute Gasteiger partial charge is 0.104 e. The molecule has 0 aromatic heterocycles. The summed E-state index contributed by atoms with van der Waals surface area (Å²) in [7, 11) is 0. The molecule has 3 aliphatic heterocycles. The fraction of sp³-hybridized carbons (Fsp3) is 1.00. The highest BCUT2D eigenvalue weighted by molar-refractivity contribution is 4.72. The zero-order chi connectivity index (χ0) is 12.2. The van der Waals surface area contributed by atoms with Crippen LogP contribution in [0.15, 0.2) is 0 Å². The van der Waals surface area contributed by atoms with E-state index in [1.54, 1.807) is 0 Å². The van der Waals surface area contributed by atoms with E-state index in [1.165, 1.54) is 0 Å². The van der Waals surface area contributed by atoms with Gasteiger partial charge in [0.05, 0.1) is 52.9 Å². The topological polar surface area (TPSA) is 65.3 Å². The van der Waals surface area contributed by atoms with E-state index in [4.69, 9.17) is 28.4 Å². The first-order valence-electron chi connectivity index (χ1n) is 6.52. The monoisotopic (exact) mass is 260 g/mol. The van der Waals surface area contributed by atoms with Crippen molar-refractivity contribution < 1.29 is 28.4 Å². The van der Waals surface area contributed by atoms with Gasteiger partial charge < -0.3 is 28.4 Å². The summed E-state index contributed by atoms with van der Waals surface area (Å²) in [5, 5.41) is 0. The van der Waals surface area contributed by atoms with Gasteiger partial charge in [-0.25, -0.2) is 0 Å². The van der Waals surface area contributed by atoms with Gasteiger partial charge in [-0.15, -0.1) is 0 Å². The number of hydrogen-bond donors (Lipinski definition) is 0. The molecule has 0 radical (unpaired) electrons. The number of epoxide rings is 3. The minimum Gasteiger partial charge on any atom is -0.376 e. The third-order valence-corrected chi connectivity index (χ3v) is 2.94. The summed E-state index contributed by atoms with van der Waals surface area (Å²) in [5.74, 6) is 0. The van der Waals surface area contributed by atoms with Crippen LogP contribution < -0.4 is 0 Å². The fourth-order valence-electron chi connectivity index (χ4n) is 1.54. The van der Waals surface area contributed by atoms with E-state index < -0.39 is 0 Å². The van der Waals surface area contributed by atoms with E-state index in [2.05, 4.69) is 0 Å². The highest BCUT2D eigenvalue weighted by atomic mass is 16.6. The van der Waals surface area contributed by atoms with Crippen molar-refractivity contribution in [2.24, 2.45) is 0 Å². The molecule has 3 saturated heterocycles. The van der Waals surface area contributed by atoms with Crippen molar-refractivity contribution in [3.63, 3.8) is 0 Å². The Balaban J connectivity index is 1.28. The van der Waals surface area contributed by atoms with Crippen molar-refractivity contribution in [3.05, 3.63) is 0 Å². The van der Waals surface area contributed by atoms with Gasteiger partial charge in [-0.1, -0.05) is 0 Å². The normalized spacial score (nSPS) is 34.3. The van der Waals surface area contributed by atoms with E-state index in [-0.39, 0.29) is 24.4 Å². The molecule has 0 amide bonds. The second-order valence-electron chi connectivity index (χ2n) is 4.90. The SMILES string of the molecule is C(OCC1CO1)C(COC[C@H]1CO1)OC[C@@H]1CO1. The minimum atomic E-state index is -0.0355. The van der Waals surface area contributed by atoms with Crippen molar-refractivity contribution in [2.45, 2.75) is 24.4 Å². The van der Waals surface area contributed by atoms with Crippen LogP contribution in [0.3, 0.4) is 0 Å². The lowest BCUT2D eigenvalue weighted by atomic mass is 10.4. The van der Waals surface area contributed by atoms with Crippen LogP contribution in [0.5, 0.6) is 0 Å². The quantitative estimate of drug-likeness (QED) is 0.471. The molecule has 0 aliphatic carbocycles. The molecule has 0 saturated carbocycles. The van der Waals surface area contributed by atoms with Gasteiger partial charge in [0, 0.05) is 0 Å².